The van der Waals surface area contributed by atoms with Crippen molar-refractivity contribution < 1.29 is 12.8 Å². The van der Waals surface area contributed by atoms with Gasteiger partial charge in [-0.3, -0.25) is 4.31 Å². The lowest BCUT2D eigenvalue weighted by Crippen LogP contribution is -2.35. The molecule has 3 rings (SSSR count). The maximum atomic E-state index is 13.0. The molecule has 2 aromatic carbocycles. The summed E-state index contributed by atoms with van der Waals surface area (Å²) in [7, 11) is -3.71. The molecule has 1 unspecified atom stereocenters. The lowest BCUT2D eigenvalue weighted by Gasteiger charge is -2.24. The summed E-state index contributed by atoms with van der Waals surface area (Å²) in [6.07, 6.45) is 0.612. The smallest absolute Gasteiger partial charge is 0.264 e. The molecule has 2 aromatic rings. The molecule has 21 heavy (non-hydrogen) atoms. The Morgan fingerprint density at radius 2 is 1.86 bits per heavy atom. The second-order valence-corrected chi connectivity index (χ2v) is 7.01. The van der Waals surface area contributed by atoms with E-state index in [1.165, 1.54) is 16.4 Å². The Bertz CT molecular complexity index is 788. The predicted molar refractivity (Wildman–Crippen MR) is 80.1 cm³/mol. The standard InChI is InChI=1S/C15H15FN2O2S/c1-10-8-11-9-13(17)4-7-15(11)18(10)21(19,20)14-5-2-12(16)3-6-14/h2-7,9-10H,8,17H2,1H3. The van der Waals surface area contributed by atoms with Gasteiger partial charge >= 0.3 is 0 Å². The minimum Gasteiger partial charge on any atom is -0.399 e. The molecular weight excluding hydrogens is 291 g/mol. The quantitative estimate of drug-likeness (QED) is 0.867. The van der Waals surface area contributed by atoms with E-state index in [9.17, 15) is 12.8 Å². The third-order valence-electron chi connectivity index (χ3n) is 3.63. The van der Waals surface area contributed by atoms with Gasteiger partial charge in [0.1, 0.15) is 5.82 Å². The average molecular weight is 306 g/mol. The predicted octanol–water partition coefficient (Wildman–Crippen LogP) is 2.55. The van der Waals surface area contributed by atoms with Gasteiger partial charge in [0.05, 0.1) is 10.6 Å². The van der Waals surface area contributed by atoms with Gasteiger partial charge in [-0.2, -0.15) is 0 Å². The zero-order valence-electron chi connectivity index (χ0n) is 11.5. The van der Waals surface area contributed by atoms with Crippen molar-refractivity contribution >= 4 is 21.4 Å². The Morgan fingerprint density at radius 3 is 2.52 bits per heavy atom. The van der Waals surface area contributed by atoms with E-state index in [0.717, 1.165) is 17.7 Å². The van der Waals surface area contributed by atoms with E-state index in [0.29, 0.717) is 17.8 Å². The van der Waals surface area contributed by atoms with E-state index >= 15 is 0 Å². The molecular formula is C15H15FN2O2S. The van der Waals surface area contributed by atoms with Gasteiger partial charge in [-0.15, -0.1) is 0 Å². The van der Waals surface area contributed by atoms with Gasteiger partial charge in [0.25, 0.3) is 10.0 Å². The summed E-state index contributed by atoms with van der Waals surface area (Å²) >= 11 is 0. The van der Waals surface area contributed by atoms with Gasteiger partial charge in [-0.25, -0.2) is 12.8 Å². The fraction of sp³-hybridized carbons (Fsp3) is 0.200. The van der Waals surface area contributed by atoms with Crippen molar-refractivity contribution in [3.63, 3.8) is 0 Å². The van der Waals surface area contributed by atoms with Crippen LogP contribution in [-0.4, -0.2) is 14.5 Å². The zero-order valence-corrected chi connectivity index (χ0v) is 12.3. The number of rotatable bonds is 2. The molecule has 1 aliphatic rings. The number of anilines is 2. The Kier molecular flexibility index (Phi) is 3.13. The third kappa shape index (κ3) is 2.25. The maximum absolute atomic E-state index is 13.0. The highest BCUT2D eigenvalue weighted by Crippen LogP contribution is 2.37. The van der Waals surface area contributed by atoms with E-state index in [1.807, 2.05) is 6.92 Å². The highest BCUT2D eigenvalue weighted by atomic mass is 32.2. The van der Waals surface area contributed by atoms with Crippen molar-refractivity contribution in [1.29, 1.82) is 0 Å². The van der Waals surface area contributed by atoms with Crippen LogP contribution in [0.15, 0.2) is 47.4 Å². The van der Waals surface area contributed by atoms with Crippen LogP contribution >= 0.6 is 0 Å². The van der Waals surface area contributed by atoms with E-state index in [1.54, 1.807) is 18.2 Å². The highest BCUT2D eigenvalue weighted by molar-refractivity contribution is 7.92. The maximum Gasteiger partial charge on any atom is 0.264 e. The Hall–Kier alpha value is -2.08. The van der Waals surface area contributed by atoms with Crippen LogP contribution in [0, 0.1) is 5.82 Å². The van der Waals surface area contributed by atoms with Crippen molar-refractivity contribution in [3.05, 3.63) is 53.8 Å². The Labute approximate surface area is 123 Å². The minimum atomic E-state index is -3.71. The number of fused-ring (bicyclic) bond motifs is 1. The molecule has 2 N–H and O–H groups in total. The van der Waals surface area contributed by atoms with Crippen molar-refractivity contribution in [2.24, 2.45) is 0 Å². The van der Waals surface area contributed by atoms with Crippen LogP contribution in [0.1, 0.15) is 12.5 Å². The van der Waals surface area contributed by atoms with Crippen LogP contribution in [0.4, 0.5) is 15.8 Å². The van der Waals surface area contributed by atoms with Gasteiger partial charge in [0.15, 0.2) is 0 Å². The molecule has 0 saturated carbocycles. The number of nitrogen functional groups attached to an aromatic ring is 1. The van der Waals surface area contributed by atoms with Gasteiger partial charge in [0, 0.05) is 11.7 Å². The Balaban J connectivity index is 2.10. The number of sulfonamides is 1. The van der Waals surface area contributed by atoms with Gasteiger partial charge in [-0.05, 0) is 61.4 Å². The van der Waals surface area contributed by atoms with Gasteiger partial charge in [0.2, 0.25) is 0 Å². The molecule has 0 saturated heterocycles. The van der Waals surface area contributed by atoms with Crippen LogP contribution in [0.5, 0.6) is 0 Å². The van der Waals surface area contributed by atoms with E-state index in [-0.39, 0.29) is 10.9 Å². The number of halogens is 1. The fourth-order valence-electron chi connectivity index (χ4n) is 2.71. The molecule has 1 heterocycles. The summed E-state index contributed by atoms with van der Waals surface area (Å²) < 4.78 is 39.9. The van der Waals surface area contributed by atoms with Crippen molar-refractivity contribution in [2.75, 3.05) is 10.0 Å². The molecule has 0 fully saturated rings. The molecule has 0 radical (unpaired) electrons. The molecule has 110 valence electrons. The largest absolute Gasteiger partial charge is 0.399 e. The molecule has 6 heteroatoms. The van der Waals surface area contributed by atoms with Crippen LogP contribution in [0.2, 0.25) is 0 Å². The van der Waals surface area contributed by atoms with Crippen LogP contribution in [0.25, 0.3) is 0 Å². The number of hydrogen-bond acceptors (Lipinski definition) is 3. The molecule has 0 bridgehead atoms. The summed E-state index contributed by atoms with van der Waals surface area (Å²) in [6.45, 7) is 1.84. The van der Waals surface area contributed by atoms with Crippen LogP contribution in [0.3, 0.4) is 0 Å². The Morgan fingerprint density at radius 1 is 1.19 bits per heavy atom. The van der Waals surface area contributed by atoms with E-state index < -0.39 is 15.8 Å². The molecule has 1 aliphatic heterocycles. The highest BCUT2D eigenvalue weighted by Gasteiger charge is 2.36. The zero-order chi connectivity index (χ0) is 15.2. The minimum absolute atomic E-state index is 0.0837. The fourth-order valence-corrected chi connectivity index (χ4v) is 4.40. The van der Waals surface area contributed by atoms with Crippen molar-refractivity contribution in [2.45, 2.75) is 24.3 Å². The number of nitrogens with two attached hydrogens (primary N) is 1. The topological polar surface area (TPSA) is 63.4 Å². The SMILES string of the molecule is CC1Cc2cc(N)ccc2N1S(=O)(=O)c1ccc(F)cc1. The van der Waals surface area contributed by atoms with Gasteiger partial charge in [-0.1, -0.05) is 0 Å². The van der Waals surface area contributed by atoms with E-state index in [4.69, 9.17) is 5.73 Å². The first-order valence-electron chi connectivity index (χ1n) is 6.58. The number of benzene rings is 2. The summed E-state index contributed by atoms with van der Waals surface area (Å²) in [6, 6.07) is 9.87. The van der Waals surface area contributed by atoms with Gasteiger partial charge < -0.3 is 5.73 Å². The second kappa shape index (κ2) is 4.73. The normalized spacial score (nSPS) is 17.8. The first-order valence-corrected chi connectivity index (χ1v) is 8.02. The lowest BCUT2D eigenvalue weighted by atomic mass is 10.1. The molecule has 0 spiro atoms. The van der Waals surface area contributed by atoms with Crippen LogP contribution in [-0.2, 0) is 16.4 Å². The monoisotopic (exact) mass is 306 g/mol. The number of nitrogens with zero attached hydrogens (tertiary/aromatic N) is 1. The third-order valence-corrected chi connectivity index (χ3v) is 5.57. The molecule has 0 amide bonds. The van der Waals surface area contributed by atoms with Crippen molar-refractivity contribution in [3.8, 4) is 0 Å². The first-order chi connectivity index (χ1) is 9.89. The number of hydrogen-bond donors (Lipinski definition) is 1. The van der Waals surface area contributed by atoms with Crippen molar-refractivity contribution in [1.82, 2.24) is 0 Å². The first kappa shape index (κ1) is 13.9. The summed E-state index contributed by atoms with van der Waals surface area (Å²) in [5.74, 6) is -0.461. The summed E-state index contributed by atoms with van der Waals surface area (Å²) in [5.41, 5.74) is 7.91. The average Bonchev–Trinajstić information content (AvgIpc) is 2.74. The lowest BCUT2D eigenvalue weighted by molar-refractivity contribution is 0.583. The second-order valence-electron chi connectivity index (χ2n) is 5.20. The van der Waals surface area contributed by atoms with E-state index in [2.05, 4.69) is 0 Å². The summed E-state index contributed by atoms with van der Waals surface area (Å²) in [5, 5.41) is 0. The molecule has 1 atom stereocenters. The molecule has 4 nitrogen and oxygen atoms in total. The molecule has 0 aliphatic carbocycles. The molecule has 0 aromatic heterocycles. The van der Waals surface area contributed by atoms with Crippen LogP contribution < -0.4 is 10.0 Å². The summed E-state index contributed by atoms with van der Waals surface area (Å²) in [4.78, 5) is 0.0837.